The van der Waals surface area contributed by atoms with E-state index in [-0.39, 0.29) is 5.41 Å². The van der Waals surface area contributed by atoms with Gasteiger partial charge in [-0.25, -0.2) is 9.67 Å². The van der Waals surface area contributed by atoms with Crippen LogP contribution in [-0.4, -0.2) is 21.9 Å². The number of hydrogen-bond donors (Lipinski definition) is 0. The Bertz CT molecular complexity index is 568. The topological polar surface area (TPSA) is 39.9 Å². The first-order valence-corrected chi connectivity index (χ1v) is 7.33. The minimum atomic E-state index is 0.0266. The maximum Gasteiger partial charge on any atom is 0.138 e. The van der Waals surface area contributed by atoms with E-state index in [0.29, 0.717) is 0 Å². The lowest BCUT2D eigenvalue weighted by molar-refractivity contribution is 0.413. The number of nitrogens with zero attached hydrogens (tertiary/aromatic N) is 3. The highest BCUT2D eigenvalue weighted by Crippen LogP contribution is 2.45. The predicted octanol–water partition coefficient (Wildman–Crippen LogP) is 3.17. The Morgan fingerprint density at radius 1 is 1.20 bits per heavy atom. The van der Waals surface area contributed by atoms with E-state index in [1.165, 1.54) is 18.4 Å². The maximum absolute atomic E-state index is 5.27. The number of aromatic nitrogens is 3. The number of aryl methyl sites for hydroxylation is 1. The van der Waals surface area contributed by atoms with Crippen molar-refractivity contribution in [1.82, 2.24) is 14.8 Å². The Labute approximate surface area is 119 Å². The van der Waals surface area contributed by atoms with E-state index in [2.05, 4.69) is 29.1 Å². The molecule has 0 radical (unpaired) electrons. The molecule has 1 heterocycles. The van der Waals surface area contributed by atoms with E-state index in [4.69, 9.17) is 4.74 Å². The summed E-state index contributed by atoms with van der Waals surface area (Å²) in [5.41, 5.74) is 1.36. The van der Waals surface area contributed by atoms with Gasteiger partial charge in [-0.1, -0.05) is 25.0 Å². The molecule has 0 amide bonds. The summed E-state index contributed by atoms with van der Waals surface area (Å²) in [7, 11) is 1.70. The second kappa shape index (κ2) is 5.27. The molecule has 4 nitrogen and oxygen atoms in total. The summed E-state index contributed by atoms with van der Waals surface area (Å²) in [4.78, 5) is 4.58. The lowest BCUT2D eigenvalue weighted by atomic mass is 9.78. The third kappa shape index (κ3) is 1.99. The highest BCUT2D eigenvalue weighted by molar-refractivity contribution is 5.38. The van der Waals surface area contributed by atoms with Crippen molar-refractivity contribution in [2.75, 3.05) is 7.11 Å². The van der Waals surface area contributed by atoms with Gasteiger partial charge in [0.2, 0.25) is 0 Å². The zero-order valence-corrected chi connectivity index (χ0v) is 12.2. The molecule has 0 aliphatic heterocycles. The number of rotatable bonds is 4. The van der Waals surface area contributed by atoms with Crippen LogP contribution in [0.3, 0.4) is 0 Å². The van der Waals surface area contributed by atoms with Gasteiger partial charge in [-0.05, 0) is 37.5 Å². The van der Waals surface area contributed by atoms with Crippen molar-refractivity contribution in [2.24, 2.45) is 0 Å². The summed E-state index contributed by atoms with van der Waals surface area (Å²) in [6.45, 7) is 2.99. The highest BCUT2D eigenvalue weighted by atomic mass is 16.5. The molecular weight excluding hydrogens is 250 g/mol. The third-order valence-electron chi connectivity index (χ3n) is 4.44. The van der Waals surface area contributed by atoms with Crippen LogP contribution in [0.25, 0.3) is 0 Å². The lowest BCUT2D eigenvalue weighted by Gasteiger charge is -2.29. The van der Waals surface area contributed by atoms with Crippen LogP contribution < -0.4 is 4.74 Å². The van der Waals surface area contributed by atoms with Gasteiger partial charge in [0.05, 0.1) is 12.5 Å². The SMILES string of the molecule is CCn1ncnc1C1(c2ccc(OC)cc2)CCCC1. The molecule has 0 spiro atoms. The van der Waals surface area contributed by atoms with Crippen LogP contribution in [0.4, 0.5) is 0 Å². The minimum absolute atomic E-state index is 0.0266. The van der Waals surface area contributed by atoms with Crippen molar-refractivity contribution in [1.29, 1.82) is 0 Å². The summed E-state index contributed by atoms with van der Waals surface area (Å²) in [5, 5.41) is 4.36. The smallest absolute Gasteiger partial charge is 0.138 e. The van der Waals surface area contributed by atoms with Gasteiger partial charge in [0.15, 0.2) is 0 Å². The first-order valence-electron chi connectivity index (χ1n) is 7.33. The monoisotopic (exact) mass is 271 g/mol. The van der Waals surface area contributed by atoms with Gasteiger partial charge >= 0.3 is 0 Å². The summed E-state index contributed by atoms with van der Waals surface area (Å²) in [6.07, 6.45) is 6.49. The summed E-state index contributed by atoms with van der Waals surface area (Å²) >= 11 is 0. The van der Waals surface area contributed by atoms with E-state index in [0.717, 1.165) is 31.0 Å². The quantitative estimate of drug-likeness (QED) is 0.857. The van der Waals surface area contributed by atoms with Crippen molar-refractivity contribution in [3.05, 3.63) is 42.0 Å². The molecule has 1 aromatic heterocycles. The molecular formula is C16H21N3O. The molecule has 0 unspecified atom stereocenters. The average molecular weight is 271 g/mol. The Hall–Kier alpha value is -1.84. The molecule has 0 saturated heterocycles. The molecule has 3 rings (SSSR count). The Morgan fingerprint density at radius 2 is 1.90 bits per heavy atom. The van der Waals surface area contributed by atoms with Gasteiger partial charge in [-0.15, -0.1) is 0 Å². The Kier molecular flexibility index (Phi) is 3.47. The van der Waals surface area contributed by atoms with Crippen LogP contribution in [0.5, 0.6) is 5.75 Å². The molecule has 20 heavy (non-hydrogen) atoms. The van der Waals surface area contributed by atoms with Gasteiger partial charge in [-0.3, -0.25) is 0 Å². The van der Waals surface area contributed by atoms with E-state index < -0.39 is 0 Å². The van der Waals surface area contributed by atoms with Crippen molar-refractivity contribution in [3.8, 4) is 5.75 Å². The second-order valence-corrected chi connectivity index (χ2v) is 5.42. The van der Waals surface area contributed by atoms with Crippen LogP contribution in [0.2, 0.25) is 0 Å². The van der Waals surface area contributed by atoms with Crippen LogP contribution in [0.15, 0.2) is 30.6 Å². The second-order valence-electron chi connectivity index (χ2n) is 5.42. The molecule has 0 bridgehead atoms. The molecule has 1 aliphatic carbocycles. The van der Waals surface area contributed by atoms with E-state index in [1.54, 1.807) is 13.4 Å². The number of ether oxygens (including phenoxy) is 1. The van der Waals surface area contributed by atoms with Crippen molar-refractivity contribution >= 4 is 0 Å². The molecule has 2 aromatic rings. The lowest BCUT2D eigenvalue weighted by Crippen LogP contribution is -2.28. The molecule has 1 saturated carbocycles. The van der Waals surface area contributed by atoms with E-state index in [9.17, 15) is 0 Å². The highest BCUT2D eigenvalue weighted by Gasteiger charge is 2.41. The molecule has 106 valence electrons. The molecule has 1 aliphatic rings. The molecule has 1 aromatic carbocycles. The molecule has 1 fully saturated rings. The predicted molar refractivity (Wildman–Crippen MR) is 77.9 cm³/mol. The molecule has 4 heteroatoms. The fourth-order valence-electron chi connectivity index (χ4n) is 3.40. The standard InChI is InChI=1S/C16H21N3O/c1-3-19-15(17-12-18-19)16(10-4-5-11-16)13-6-8-14(20-2)9-7-13/h6-9,12H,3-5,10-11H2,1-2H3. The van der Waals surface area contributed by atoms with Crippen LogP contribution in [-0.2, 0) is 12.0 Å². The largest absolute Gasteiger partial charge is 0.497 e. The average Bonchev–Trinajstić information content (AvgIpc) is 3.16. The summed E-state index contributed by atoms with van der Waals surface area (Å²) < 4.78 is 7.30. The van der Waals surface area contributed by atoms with Crippen LogP contribution >= 0.6 is 0 Å². The zero-order valence-electron chi connectivity index (χ0n) is 12.2. The van der Waals surface area contributed by atoms with Gasteiger partial charge in [0, 0.05) is 6.54 Å². The van der Waals surface area contributed by atoms with Gasteiger partial charge in [0.1, 0.15) is 17.9 Å². The van der Waals surface area contributed by atoms with Crippen LogP contribution in [0.1, 0.15) is 44.0 Å². The van der Waals surface area contributed by atoms with Crippen molar-refractivity contribution in [2.45, 2.75) is 44.6 Å². The fraction of sp³-hybridized carbons (Fsp3) is 0.500. The summed E-state index contributed by atoms with van der Waals surface area (Å²) in [5.74, 6) is 2.02. The van der Waals surface area contributed by atoms with Gasteiger partial charge in [0.25, 0.3) is 0 Å². The number of benzene rings is 1. The first kappa shape index (κ1) is 13.2. The van der Waals surface area contributed by atoms with Gasteiger partial charge in [-0.2, -0.15) is 5.10 Å². The van der Waals surface area contributed by atoms with E-state index >= 15 is 0 Å². The maximum atomic E-state index is 5.27. The van der Waals surface area contributed by atoms with E-state index in [1.807, 2.05) is 16.8 Å². The minimum Gasteiger partial charge on any atom is -0.497 e. The van der Waals surface area contributed by atoms with Crippen molar-refractivity contribution < 1.29 is 4.74 Å². The van der Waals surface area contributed by atoms with Gasteiger partial charge < -0.3 is 4.74 Å². The number of hydrogen-bond acceptors (Lipinski definition) is 3. The Balaban J connectivity index is 2.07. The molecule has 0 atom stereocenters. The van der Waals surface area contributed by atoms with Crippen molar-refractivity contribution in [3.63, 3.8) is 0 Å². The third-order valence-corrected chi connectivity index (χ3v) is 4.44. The Morgan fingerprint density at radius 3 is 2.50 bits per heavy atom. The molecule has 0 N–H and O–H groups in total. The number of methoxy groups -OCH3 is 1. The normalized spacial score (nSPS) is 17.3. The zero-order chi connectivity index (χ0) is 14.0. The fourth-order valence-corrected chi connectivity index (χ4v) is 3.40. The summed E-state index contributed by atoms with van der Waals surface area (Å²) in [6, 6.07) is 8.45. The van der Waals surface area contributed by atoms with Crippen LogP contribution in [0, 0.1) is 0 Å². The first-order chi connectivity index (χ1) is 9.80.